The summed E-state index contributed by atoms with van der Waals surface area (Å²) in [4.78, 5) is 34.8. The fourth-order valence-electron chi connectivity index (χ4n) is 6.70. The van der Waals surface area contributed by atoms with Crippen LogP contribution in [0.25, 0.3) is 10.6 Å². The number of aryl methyl sites for hydroxylation is 1. The van der Waals surface area contributed by atoms with Crippen molar-refractivity contribution in [2.75, 3.05) is 10.6 Å². The molecule has 7 rings (SSSR count). The highest BCUT2D eigenvalue weighted by atomic mass is 32.1. The summed E-state index contributed by atoms with van der Waals surface area (Å²) in [6.45, 7) is 3.50. The van der Waals surface area contributed by atoms with E-state index in [4.69, 9.17) is 4.98 Å². The number of rotatable bonds is 6. The summed E-state index contributed by atoms with van der Waals surface area (Å²) in [5.41, 5.74) is 3.12. The number of hydrogen-bond acceptors (Lipinski definition) is 7. The molecule has 0 saturated heterocycles. The Morgan fingerprint density at radius 3 is 2.43 bits per heavy atom. The van der Waals surface area contributed by atoms with Gasteiger partial charge in [0.1, 0.15) is 0 Å². The van der Waals surface area contributed by atoms with Crippen LogP contribution < -0.4 is 16.0 Å². The zero-order chi connectivity index (χ0) is 24.2. The van der Waals surface area contributed by atoms with E-state index >= 15 is 0 Å². The van der Waals surface area contributed by atoms with Gasteiger partial charge in [0.15, 0.2) is 16.0 Å². The third-order valence-electron chi connectivity index (χ3n) is 7.69. The Labute approximate surface area is 212 Å². The van der Waals surface area contributed by atoms with E-state index < -0.39 is 0 Å². The molecule has 4 aliphatic rings. The molecule has 0 spiro atoms. The van der Waals surface area contributed by atoms with E-state index in [2.05, 4.69) is 20.9 Å². The third-order valence-corrected chi connectivity index (χ3v) is 9.54. The van der Waals surface area contributed by atoms with E-state index in [-0.39, 0.29) is 17.4 Å². The minimum atomic E-state index is -0.141. The lowest BCUT2D eigenvalue weighted by Gasteiger charge is -2.56. The van der Waals surface area contributed by atoms with Gasteiger partial charge in [0.2, 0.25) is 0 Å². The lowest BCUT2D eigenvalue weighted by Crippen LogP contribution is -2.60. The molecule has 1 aromatic carbocycles. The zero-order valence-corrected chi connectivity index (χ0v) is 21.5. The van der Waals surface area contributed by atoms with Gasteiger partial charge in [-0.25, -0.2) is 14.8 Å². The second-order valence-corrected chi connectivity index (χ2v) is 12.4. The van der Waals surface area contributed by atoms with Gasteiger partial charge in [-0.05, 0) is 82.3 Å². The van der Waals surface area contributed by atoms with E-state index in [1.807, 2.05) is 30.5 Å². The highest BCUT2D eigenvalue weighted by Gasteiger charge is 2.51. The quantitative estimate of drug-likeness (QED) is 0.326. The minimum absolute atomic E-state index is 0.0247. The van der Waals surface area contributed by atoms with Crippen LogP contribution in [0.4, 0.5) is 20.7 Å². The van der Waals surface area contributed by atoms with E-state index in [0.717, 1.165) is 64.1 Å². The number of hydrogen-bond donors (Lipinski definition) is 3. The van der Waals surface area contributed by atoms with E-state index in [9.17, 15) is 9.59 Å². The van der Waals surface area contributed by atoms with Crippen molar-refractivity contribution in [3.8, 4) is 10.6 Å². The number of benzene rings is 1. The summed E-state index contributed by atoms with van der Waals surface area (Å²) >= 11 is 2.94. The maximum absolute atomic E-state index is 12.9. The lowest BCUT2D eigenvalue weighted by atomic mass is 9.53. The fourth-order valence-corrected chi connectivity index (χ4v) is 8.41. The number of amides is 2. The molecule has 35 heavy (non-hydrogen) atoms. The van der Waals surface area contributed by atoms with Gasteiger partial charge < -0.3 is 10.6 Å². The van der Waals surface area contributed by atoms with Gasteiger partial charge in [0, 0.05) is 22.2 Å². The van der Waals surface area contributed by atoms with Crippen molar-refractivity contribution in [1.82, 2.24) is 15.3 Å². The van der Waals surface area contributed by atoms with Crippen molar-refractivity contribution in [2.45, 2.75) is 57.9 Å². The molecule has 2 heterocycles. The summed E-state index contributed by atoms with van der Waals surface area (Å²) in [6, 6.07) is 7.25. The molecule has 4 bridgehead atoms. The molecule has 0 atom stereocenters. The summed E-state index contributed by atoms with van der Waals surface area (Å²) < 4.78 is 0. The molecular weight excluding hydrogens is 478 g/mol. The Kier molecular flexibility index (Phi) is 5.64. The van der Waals surface area contributed by atoms with Crippen LogP contribution in [0.1, 0.15) is 61.5 Å². The Balaban J connectivity index is 1.12. The van der Waals surface area contributed by atoms with Crippen LogP contribution in [-0.2, 0) is 0 Å². The Bertz CT molecular complexity index is 1260. The number of nitrogens with one attached hydrogen (secondary N) is 3. The Morgan fingerprint density at radius 2 is 1.74 bits per heavy atom. The average molecular weight is 508 g/mol. The molecule has 3 N–H and O–H groups in total. The number of carbonyl (C=O) groups is 2. The summed E-state index contributed by atoms with van der Waals surface area (Å²) in [5, 5.41) is 12.9. The highest BCUT2D eigenvalue weighted by Crippen LogP contribution is 2.55. The van der Waals surface area contributed by atoms with Crippen LogP contribution in [0.5, 0.6) is 0 Å². The number of urea groups is 1. The molecular formula is C26H29N5O2S2. The van der Waals surface area contributed by atoms with Crippen molar-refractivity contribution in [3.63, 3.8) is 0 Å². The molecule has 4 fully saturated rings. The first-order valence-corrected chi connectivity index (χ1v) is 13.9. The van der Waals surface area contributed by atoms with Gasteiger partial charge in [0.05, 0.1) is 16.3 Å². The van der Waals surface area contributed by atoms with Crippen molar-refractivity contribution < 1.29 is 9.59 Å². The highest BCUT2D eigenvalue weighted by molar-refractivity contribution is 7.20. The number of Topliss-reactive ketones (excluding diaryl/α,β-unsaturated/α-hetero) is 1. The van der Waals surface area contributed by atoms with Crippen LogP contribution in [0, 0.1) is 24.7 Å². The number of ketones is 1. The fraction of sp³-hybridized carbons (Fsp3) is 0.462. The molecule has 182 valence electrons. The van der Waals surface area contributed by atoms with Crippen molar-refractivity contribution in [3.05, 3.63) is 40.9 Å². The van der Waals surface area contributed by atoms with Crippen molar-refractivity contribution in [1.29, 1.82) is 0 Å². The normalized spacial score (nSPS) is 26.5. The van der Waals surface area contributed by atoms with Gasteiger partial charge in [-0.2, -0.15) is 0 Å². The van der Waals surface area contributed by atoms with Crippen molar-refractivity contribution >= 4 is 50.4 Å². The summed E-state index contributed by atoms with van der Waals surface area (Å²) in [5.74, 6) is 2.38. The number of anilines is 3. The van der Waals surface area contributed by atoms with Gasteiger partial charge in [-0.15, -0.1) is 11.3 Å². The Morgan fingerprint density at radius 1 is 1.03 bits per heavy atom. The first-order valence-electron chi connectivity index (χ1n) is 12.2. The second kappa shape index (κ2) is 8.71. The van der Waals surface area contributed by atoms with Crippen LogP contribution in [0.15, 0.2) is 29.6 Å². The topological polar surface area (TPSA) is 96.0 Å². The monoisotopic (exact) mass is 507 g/mol. The molecule has 2 amide bonds. The van der Waals surface area contributed by atoms with Crippen LogP contribution in [0.3, 0.4) is 0 Å². The van der Waals surface area contributed by atoms with Gasteiger partial charge in [-0.1, -0.05) is 23.5 Å². The number of carbonyl (C=O) groups excluding carboxylic acids is 2. The van der Waals surface area contributed by atoms with Crippen molar-refractivity contribution in [2.24, 2.45) is 17.8 Å². The summed E-state index contributed by atoms with van der Waals surface area (Å²) in [6.07, 6.45) is 7.42. The molecule has 4 aliphatic carbocycles. The first kappa shape index (κ1) is 22.7. The average Bonchev–Trinajstić information content (AvgIpc) is 3.38. The van der Waals surface area contributed by atoms with Gasteiger partial charge in [-0.3, -0.25) is 10.1 Å². The lowest BCUT2D eigenvalue weighted by molar-refractivity contribution is -0.0127. The molecule has 7 nitrogen and oxygen atoms in total. The molecule has 0 radical (unpaired) electrons. The smallest absolute Gasteiger partial charge is 0.321 e. The van der Waals surface area contributed by atoms with Gasteiger partial charge >= 0.3 is 6.03 Å². The predicted octanol–water partition coefficient (Wildman–Crippen LogP) is 6.61. The molecule has 0 aliphatic heterocycles. The summed E-state index contributed by atoms with van der Waals surface area (Å²) in [7, 11) is 0. The molecule has 0 unspecified atom stereocenters. The number of aromatic nitrogens is 2. The third kappa shape index (κ3) is 4.59. The van der Waals surface area contributed by atoms with Crippen LogP contribution >= 0.6 is 22.7 Å². The molecule has 3 aromatic rings. The van der Waals surface area contributed by atoms with Gasteiger partial charge in [0.25, 0.3) is 0 Å². The maximum Gasteiger partial charge on any atom is 0.321 e. The SMILES string of the molecule is CC(=O)c1cccc(Nc2nc(-c3sc(NC(=O)NC45CC6CC(CC(C6)C4)C5)nc3C)cs2)c1. The van der Waals surface area contributed by atoms with E-state index in [1.165, 1.54) is 41.9 Å². The first-order chi connectivity index (χ1) is 16.8. The maximum atomic E-state index is 12.9. The zero-order valence-electron chi connectivity index (χ0n) is 19.9. The van der Waals surface area contributed by atoms with Crippen LogP contribution in [-0.4, -0.2) is 27.3 Å². The number of thiazole rings is 2. The predicted molar refractivity (Wildman–Crippen MR) is 141 cm³/mol. The molecule has 9 heteroatoms. The van der Waals surface area contributed by atoms with E-state index in [1.54, 1.807) is 13.0 Å². The van der Waals surface area contributed by atoms with E-state index in [0.29, 0.717) is 10.7 Å². The molecule has 4 saturated carbocycles. The Hall–Kier alpha value is -2.78. The minimum Gasteiger partial charge on any atom is -0.332 e. The standard InChI is InChI=1S/C26H29N5O2S2/c1-14-22(21-13-34-24(29-21)28-20-5-3-4-19(9-20)15(2)32)35-25(27-14)30-23(33)31-26-10-16-6-17(11-26)8-18(7-16)12-26/h3-5,9,13,16-18H,6-8,10-12H2,1-2H3,(H,28,29)(H2,27,30,31,33). The number of nitrogens with zero attached hydrogens (tertiary/aromatic N) is 2. The van der Waals surface area contributed by atoms with Crippen LogP contribution in [0.2, 0.25) is 0 Å². The molecule has 2 aromatic heterocycles. The second-order valence-electron chi connectivity index (χ2n) is 10.5. The largest absolute Gasteiger partial charge is 0.332 e.